The molecule has 0 aliphatic rings. The topological polar surface area (TPSA) is 42.0 Å². The minimum absolute atomic E-state index is 0.187. The van der Waals surface area contributed by atoms with Gasteiger partial charge in [0.2, 0.25) is 0 Å². The number of aryl methyl sites for hydroxylation is 2. The molecule has 0 radical (unpaired) electrons. The van der Waals surface area contributed by atoms with Crippen LogP contribution < -0.4 is 5.32 Å². The summed E-state index contributed by atoms with van der Waals surface area (Å²) in [6, 6.07) is 9.28. The molecule has 1 N–H and O–H groups in total. The first-order valence-corrected chi connectivity index (χ1v) is 8.15. The summed E-state index contributed by atoms with van der Waals surface area (Å²) in [5.74, 6) is -0.187. The molecule has 0 saturated carbocycles. The Bertz CT molecular complexity index is 869. The lowest BCUT2D eigenvalue weighted by atomic mass is 10.1. The van der Waals surface area contributed by atoms with Crippen LogP contribution in [0, 0.1) is 13.8 Å². The highest BCUT2D eigenvalue weighted by Crippen LogP contribution is 2.35. The monoisotopic (exact) mass is 350 g/mol. The van der Waals surface area contributed by atoms with Gasteiger partial charge in [0, 0.05) is 5.56 Å². The van der Waals surface area contributed by atoms with E-state index in [1.807, 2.05) is 38.1 Å². The molecule has 1 aromatic heterocycles. The molecule has 1 heterocycles. The number of thiazole rings is 1. The number of nitrogens with zero attached hydrogens (tertiary/aromatic N) is 1. The highest BCUT2D eigenvalue weighted by Gasteiger charge is 2.13. The van der Waals surface area contributed by atoms with Gasteiger partial charge >= 0.3 is 0 Å². The SMILES string of the molecule is Cc1cc(C)cc(C(=O)Nc2nc3c(Cl)c(Cl)ccc3s2)c1. The molecule has 0 aliphatic carbocycles. The summed E-state index contributed by atoms with van der Waals surface area (Å²) >= 11 is 13.5. The van der Waals surface area contributed by atoms with Gasteiger partial charge in [0.1, 0.15) is 5.52 Å². The van der Waals surface area contributed by atoms with Crippen LogP contribution in [0.3, 0.4) is 0 Å². The lowest BCUT2D eigenvalue weighted by Crippen LogP contribution is -2.12. The van der Waals surface area contributed by atoms with E-state index in [1.165, 1.54) is 11.3 Å². The number of amides is 1. The third-order valence-electron chi connectivity index (χ3n) is 3.16. The largest absolute Gasteiger partial charge is 0.298 e. The lowest BCUT2D eigenvalue weighted by Gasteiger charge is -2.04. The van der Waals surface area contributed by atoms with Crippen molar-refractivity contribution in [2.45, 2.75) is 13.8 Å². The Labute approximate surface area is 141 Å². The summed E-state index contributed by atoms with van der Waals surface area (Å²) in [5.41, 5.74) is 3.31. The molecular formula is C16H12Cl2N2OS. The maximum Gasteiger partial charge on any atom is 0.257 e. The molecule has 2 aromatic carbocycles. The first kappa shape index (κ1) is 15.3. The predicted octanol–water partition coefficient (Wildman–Crippen LogP) is 5.47. The number of hydrogen-bond donors (Lipinski definition) is 1. The fourth-order valence-electron chi connectivity index (χ4n) is 2.27. The zero-order valence-electron chi connectivity index (χ0n) is 11.9. The number of nitrogens with one attached hydrogen (secondary N) is 1. The number of fused-ring (bicyclic) bond motifs is 1. The van der Waals surface area contributed by atoms with Gasteiger partial charge in [-0.05, 0) is 38.1 Å². The molecule has 0 bridgehead atoms. The summed E-state index contributed by atoms with van der Waals surface area (Å²) < 4.78 is 0.880. The summed E-state index contributed by atoms with van der Waals surface area (Å²) in [6.07, 6.45) is 0. The number of hydrogen-bond acceptors (Lipinski definition) is 3. The van der Waals surface area contributed by atoms with E-state index in [9.17, 15) is 4.79 Å². The maximum atomic E-state index is 12.3. The van der Waals surface area contributed by atoms with Crippen LogP contribution in [-0.4, -0.2) is 10.9 Å². The van der Waals surface area contributed by atoms with Crippen LogP contribution in [0.1, 0.15) is 21.5 Å². The van der Waals surface area contributed by atoms with Crippen LogP contribution in [-0.2, 0) is 0 Å². The van der Waals surface area contributed by atoms with E-state index in [0.717, 1.165) is 15.8 Å². The molecule has 6 heteroatoms. The van der Waals surface area contributed by atoms with Crippen molar-refractivity contribution in [3.05, 3.63) is 57.1 Å². The van der Waals surface area contributed by atoms with Crippen molar-refractivity contribution in [2.24, 2.45) is 0 Å². The van der Waals surface area contributed by atoms with Gasteiger partial charge in [0.15, 0.2) is 5.13 Å². The zero-order valence-corrected chi connectivity index (χ0v) is 14.2. The molecule has 0 unspecified atom stereocenters. The van der Waals surface area contributed by atoms with Crippen LogP contribution >= 0.6 is 34.5 Å². The summed E-state index contributed by atoms with van der Waals surface area (Å²) in [6.45, 7) is 3.92. The second kappa shape index (κ2) is 5.88. The van der Waals surface area contributed by atoms with E-state index in [2.05, 4.69) is 10.3 Å². The Kier molecular flexibility index (Phi) is 4.08. The first-order valence-electron chi connectivity index (χ1n) is 6.58. The van der Waals surface area contributed by atoms with Crippen molar-refractivity contribution in [2.75, 3.05) is 5.32 Å². The van der Waals surface area contributed by atoms with Crippen LogP contribution in [0.15, 0.2) is 30.3 Å². The molecule has 0 fully saturated rings. The van der Waals surface area contributed by atoms with Crippen molar-refractivity contribution >= 4 is 55.8 Å². The summed E-state index contributed by atoms with van der Waals surface area (Å²) in [7, 11) is 0. The van der Waals surface area contributed by atoms with Gasteiger partial charge in [0.05, 0.1) is 14.7 Å². The van der Waals surface area contributed by atoms with Crippen LogP contribution in [0.4, 0.5) is 5.13 Å². The van der Waals surface area contributed by atoms with Crippen LogP contribution in [0.2, 0.25) is 10.0 Å². The molecular weight excluding hydrogens is 339 g/mol. The number of benzene rings is 2. The number of carbonyl (C=O) groups excluding carboxylic acids is 1. The van der Waals surface area contributed by atoms with Gasteiger partial charge in [-0.1, -0.05) is 51.7 Å². The van der Waals surface area contributed by atoms with Crippen molar-refractivity contribution in [1.82, 2.24) is 4.98 Å². The average Bonchev–Trinajstić information content (AvgIpc) is 2.85. The van der Waals surface area contributed by atoms with Gasteiger partial charge < -0.3 is 0 Å². The van der Waals surface area contributed by atoms with Gasteiger partial charge in [-0.3, -0.25) is 10.1 Å². The van der Waals surface area contributed by atoms with E-state index in [0.29, 0.717) is 26.3 Å². The number of carbonyl (C=O) groups is 1. The smallest absolute Gasteiger partial charge is 0.257 e. The second-order valence-corrected chi connectivity index (χ2v) is 6.87. The fraction of sp³-hybridized carbons (Fsp3) is 0.125. The van der Waals surface area contributed by atoms with Gasteiger partial charge in [0.25, 0.3) is 5.91 Å². The Hall–Kier alpha value is -1.62. The Morgan fingerprint density at radius 2 is 1.82 bits per heavy atom. The molecule has 3 nitrogen and oxygen atoms in total. The molecule has 1 amide bonds. The molecule has 3 rings (SSSR count). The quantitative estimate of drug-likeness (QED) is 0.665. The molecule has 22 heavy (non-hydrogen) atoms. The number of halogens is 2. The van der Waals surface area contributed by atoms with Crippen molar-refractivity contribution in [3.63, 3.8) is 0 Å². The van der Waals surface area contributed by atoms with E-state index in [-0.39, 0.29) is 5.91 Å². The standard InChI is InChI=1S/C16H12Cl2N2OS/c1-8-5-9(2)7-10(6-8)15(21)20-16-19-14-12(22-16)4-3-11(17)13(14)18/h3-7H,1-2H3,(H,19,20,21). The van der Waals surface area contributed by atoms with Gasteiger partial charge in [-0.2, -0.15) is 0 Å². The summed E-state index contributed by atoms with van der Waals surface area (Å²) in [5, 5.41) is 4.17. The molecule has 112 valence electrons. The third kappa shape index (κ3) is 2.95. The molecule has 0 saturated heterocycles. The predicted molar refractivity (Wildman–Crippen MR) is 93.5 cm³/mol. The number of aromatic nitrogens is 1. The average molecular weight is 351 g/mol. The minimum Gasteiger partial charge on any atom is -0.298 e. The van der Waals surface area contributed by atoms with Crippen molar-refractivity contribution in [3.8, 4) is 0 Å². The lowest BCUT2D eigenvalue weighted by molar-refractivity contribution is 0.102. The molecule has 0 aliphatic heterocycles. The minimum atomic E-state index is -0.187. The van der Waals surface area contributed by atoms with E-state index in [1.54, 1.807) is 6.07 Å². The highest BCUT2D eigenvalue weighted by molar-refractivity contribution is 7.22. The van der Waals surface area contributed by atoms with E-state index in [4.69, 9.17) is 23.2 Å². The number of rotatable bonds is 2. The van der Waals surface area contributed by atoms with Crippen LogP contribution in [0.25, 0.3) is 10.2 Å². The first-order chi connectivity index (χ1) is 10.4. The van der Waals surface area contributed by atoms with Crippen LogP contribution in [0.5, 0.6) is 0 Å². The second-order valence-electron chi connectivity index (χ2n) is 5.06. The van der Waals surface area contributed by atoms with E-state index >= 15 is 0 Å². The Balaban J connectivity index is 1.92. The molecule has 0 spiro atoms. The van der Waals surface area contributed by atoms with Crippen molar-refractivity contribution in [1.29, 1.82) is 0 Å². The molecule has 0 atom stereocenters. The highest BCUT2D eigenvalue weighted by atomic mass is 35.5. The van der Waals surface area contributed by atoms with E-state index < -0.39 is 0 Å². The normalized spacial score (nSPS) is 10.9. The Morgan fingerprint density at radius 3 is 2.50 bits per heavy atom. The number of anilines is 1. The Morgan fingerprint density at radius 1 is 1.14 bits per heavy atom. The van der Waals surface area contributed by atoms with Gasteiger partial charge in [-0.25, -0.2) is 4.98 Å². The fourth-order valence-corrected chi connectivity index (χ4v) is 3.55. The third-order valence-corrected chi connectivity index (χ3v) is 4.89. The zero-order chi connectivity index (χ0) is 15.9. The maximum absolute atomic E-state index is 12.3. The summed E-state index contributed by atoms with van der Waals surface area (Å²) in [4.78, 5) is 16.7. The molecule has 3 aromatic rings. The van der Waals surface area contributed by atoms with Gasteiger partial charge in [-0.15, -0.1) is 0 Å². The van der Waals surface area contributed by atoms with Crippen molar-refractivity contribution < 1.29 is 4.79 Å².